The minimum absolute atomic E-state index is 0.481. The van der Waals surface area contributed by atoms with Crippen LogP contribution in [-0.2, 0) is 14.2 Å². The predicted octanol–water partition coefficient (Wildman–Crippen LogP) is -0.105. The summed E-state index contributed by atoms with van der Waals surface area (Å²) in [5.41, 5.74) is 8.51. The van der Waals surface area contributed by atoms with Crippen LogP contribution in [0.5, 0.6) is 0 Å². The molecule has 2 N–H and O–H groups in total. The predicted molar refractivity (Wildman–Crippen MR) is 54.7 cm³/mol. The van der Waals surface area contributed by atoms with Crippen molar-refractivity contribution in [2.45, 2.75) is 50.3 Å². The molecule has 0 aromatic heterocycles. The van der Waals surface area contributed by atoms with E-state index in [9.17, 15) is 5.11 Å². The van der Waals surface area contributed by atoms with Crippen molar-refractivity contribution in [3.8, 4) is 0 Å². The van der Waals surface area contributed by atoms with E-state index >= 15 is 0 Å². The lowest BCUT2D eigenvalue weighted by Gasteiger charge is -2.25. The van der Waals surface area contributed by atoms with Gasteiger partial charge in [0.25, 0.3) is 0 Å². The summed E-state index contributed by atoms with van der Waals surface area (Å²) in [6, 6.07) is -0.714. The standard InChI is InChI=1S/C9H15N3O5/c1-9(2)16-7-5(11-12-10)6(4(14)3-13)15-8(7)17-9/h4-8,13-14H,3H2,1-2H3/t4-,5+,6-,7-,8-/m1/s1. The lowest BCUT2D eigenvalue weighted by atomic mass is 10.0. The average Bonchev–Trinajstić information content (AvgIpc) is 2.72. The monoisotopic (exact) mass is 245 g/mol. The molecule has 8 nitrogen and oxygen atoms in total. The molecule has 2 heterocycles. The largest absolute Gasteiger partial charge is 0.394 e. The van der Waals surface area contributed by atoms with E-state index in [1.165, 1.54) is 0 Å². The van der Waals surface area contributed by atoms with E-state index in [2.05, 4.69) is 10.0 Å². The van der Waals surface area contributed by atoms with Gasteiger partial charge in [0, 0.05) is 4.91 Å². The quantitative estimate of drug-likeness (QED) is 0.409. The Labute approximate surface area is 97.7 Å². The third-order valence-electron chi connectivity index (χ3n) is 2.80. The summed E-state index contributed by atoms with van der Waals surface area (Å²) in [7, 11) is 0. The van der Waals surface area contributed by atoms with Crippen LogP contribution < -0.4 is 0 Å². The fourth-order valence-electron chi connectivity index (χ4n) is 2.13. The summed E-state index contributed by atoms with van der Waals surface area (Å²) in [5, 5.41) is 22.0. The van der Waals surface area contributed by atoms with E-state index in [4.69, 9.17) is 24.8 Å². The van der Waals surface area contributed by atoms with Crippen molar-refractivity contribution in [1.82, 2.24) is 0 Å². The van der Waals surface area contributed by atoms with E-state index in [1.807, 2.05) is 0 Å². The fraction of sp³-hybridized carbons (Fsp3) is 1.00. The molecular weight excluding hydrogens is 230 g/mol. The number of hydrogen-bond donors (Lipinski definition) is 2. The van der Waals surface area contributed by atoms with Crippen LogP contribution in [0.1, 0.15) is 13.8 Å². The molecule has 0 aromatic rings. The van der Waals surface area contributed by atoms with Gasteiger partial charge in [-0.25, -0.2) is 0 Å². The fourth-order valence-corrected chi connectivity index (χ4v) is 2.13. The van der Waals surface area contributed by atoms with Gasteiger partial charge in [-0.3, -0.25) is 0 Å². The molecule has 96 valence electrons. The number of fused-ring (bicyclic) bond motifs is 1. The second kappa shape index (κ2) is 4.41. The van der Waals surface area contributed by atoms with Gasteiger partial charge in [-0.05, 0) is 19.4 Å². The van der Waals surface area contributed by atoms with Crippen LogP contribution in [0.25, 0.3) is 10.4 Å². The number of aliphatic hydroxyl groups excluding tert-OH is 2. The Morgan fingerprint density at radius 2 is 2.18 bits per heavy atom. The molecule has 0 bridgehead atoms. The normalized spacial score (nSPS) is 40.7. The Hall–Kier alpha value is -0.890. The van der Waals surface area contributed by atoms with Gasteiger partial charge >= 0.3 is 0 Å². The number of nitrogens with zero attached hydrogens (tertiary/aromatic N) is 3. The molecule has 0 aromatic carbocycles. The van der Waals surface area contributed by atoms with Crippen molar-refractivity contribution in [3.05, 3.63) is 10.4 Å². The van der Waals surface area contributed by atoms with Crippen molar-refractivity contribution < 1.29 is 24.4 Å². The molecule has 2 saturated heterocycles. The highest BCUT2D eigenvalue weighted by Gasteiger charge is 2.55. The van der Waals surface area contributed by atoms with Crippen LogP contribution in [0.3, 0.4) is 0 Å². The molecule has 2 fully saturated rings. The van der Waals surface area contributed by atoms with Gasteiger partial charge in [-0.1, -0.05) is 5.11 Å². The summed E-state index contributed by atoms with van der Waals surface area (Å²) in [5.74, 6) is -0.812. The maximum atomic E-state index is 9.57. The summed E-state index contributed by atoms with van der Waals surface area (Å²) < 4.78 is 16.4. The third-order valence-corrected chi connectivity index (χ3v) is 2.80. The molecule has 0 amide bonds. The summed E-state index contributed by atoms with van der Waals surface area (Å²) in [6.07, 6.45) is -3.20. The molecular formula is C9H15N3O5. The molecule has 2 rings (SSSR count). The molecule has 2 aliphatic heterocycles. The molecule has 17 heavy (non-hydrogen) atoms. The highest BCUT2D eigenvalue weighted by atomic mass is 16.8. The minimum atomic E-state index is -1.13. The van der Waals surface area contributed by atoms with Crippen molar-refractivity contribution >= 4 is 0 Å². The lowest BCUT2D eigenvalue weighted by Crippen LogP contribution is -2.41. The molecule has 5 atom stereocenters. The summed E-state index contributed by atoms with van der Waals surface area (Å²) in [6.45, 7) is 2.96. The number of hydrogen-bond acceptors (Lipinski definition) is 6. The maximum absolute atomic E-state index is 9.57. The van der Waals surface area contributed by atoms with Crippen LogP contribution in [0.15, 0.2) is 5.11 Å². The van der Waals surface area contributed by atoms with E-state index in [0.29, 0.717) is 0 Å². The topological polar surface area (TPSA) is 117 Å². The SMILES string of the molecule is CC1(C)O[C@H]2O[C@H]([C@H](O)CO)[C@H](N=[N+]=[N-])[C@H]2O1. The van der Waals surface area contributed by atoms with E-state index in [0.717, 1.165) is 0 Å². The van der Waals surface area contributed by atoms with Crippen molar-refractivity contribution in [3.63, 3.8) is 0 Å². The zero-order valence-corrected chi connectivity index (χ0v) is 9.55. The van der Waals surface area contributed by atoms with E-state index < -0.39 is 43.0 Å². The minimum Gasteiger partial charge on any atom is -0.394 e. The first kappa shape index (κ1) is 12.6. The van der Waals surface area contributed by atoms with E-state index in [1.54, 1.807) is 13.8 Å². The smallest absolute Gasteiger partial charge is 0.188 e. The van der Waals surface area contributed by atoms with Crippen LogP contribution in [0, 0.1) is 0 Å². The van der Waals surface area contributed by atoms with Gasteiger partial charge < -0.3 is 24.4 Å². The molecule has 0 unspecified atom stereocenters. The number of ether oxygens (including phenoxy) is 3. The highest BCUT2D eigenvalue weighted by Crippen LogP contribution is 2.39. The van der Waals surface area contributed by atoms with Gasteiger partial charge in [0.1, 0.15) is 18.3 Å². The Kier molecular flexibility index (Phi) is 3.26. The van der Waals surface area contributed by atoms with Gasteiger partial charge in [0.05, 0.1) is 12.6 Å². The van der Waals surface area contributed by atoms with E-state index in [-0.39, 0.29) is 0 Å². The summed E-state index contributed by atoms with van der Waals surface area (Å²) in [4.78, 5) is 2.71. The van der Waals surface area contributed by atoms with Gasteiger partial charge in [-0.2, -0.15) is 0 Å². The Morgan fingerprint density at radius 3 is 2.76 bits per heavy atom. The Balaban J connectivity index is 2.18. The van der Waals surface area contributed by atoms with Crippen LogP contribution in [-0.4, -0.2) is 53.3 Å². The van der Waals surface area contributed by atoms with Crippen molar-refractivity contribution in [2.24, 2.45) is 5.11 Å². The van der Waals surface area contributed by atoms with Crippen LogP contribution in [0.4, 0.5) is 0 Å². The Bertz CT molecular complexity index is 344. The van der Waals surface area contributed by atoms with Gasteiger partial charge in [-0.15, -0.1) is 0 Å². The third kappa shape index (κ3) is 2.23. The van der Waals surface area contributed by atoms with Crippen LogP contribution in [0.2, 0.25) is 0 Å². The van der Waals surface area contributed by atoms with Crippen molar-refractivity contribution in [2.75, 3.05) is 6.61 Å². The first-order valence-electron chi connectivity index (χ1n) is 5.33. The molecule has 0 saturated carbocycles. The molecule has 2 aliphatic rings. The summed E-state index contributed by atoms with van der Waals surface area (Å²) >= 11 is 0. The lowest BCUT2D eigenvalue weighted by molar-refractivity contribution is -0.217. The maximum Gasteiger partial charge on any atom is 0.188 e. The van der Waals surface area contributed by atoms with Crippen LogP contribution >= 0.6 is 0 Å². The first-order chi connectivity index (χ1) is 7.98. The average molecular weight is 245 g/mol. The zero-order valence-electron chi connectivity index (χ0n) is 9.55. The Morgan fingerprint density at radius 1 is 1.47 bits per heavy atom. The van der Waals surface area contributed by atoms with Crippen molar-refractivity contribution in [1.29, 1.82) is 0 Å². The molecule has 0 radical (unpaired) electrons. The highest BCUT2D eigenvalue weighted by molar-refractivity contribution is 5.00. The molecule has 0 aliphatic carbocycles. The zero-order chi connectivity index (χ0) is 12.6. The molecule has 8 heteroatoms. The second-order valence-electron chi connectivity index (χ2n) is 4.51. The first-order valence-corrected chi connectivity index (χ1v) is 5.33. The number of rotatable bonds is 3. The van der Waals surface area contributed by atoms with Gasteiger partial charge in [0.15, 0.2) is 12.1 Å². The molecule has 0 spiro atoms. The van der Waals surface area contributed by atoms with Gasteiger partial charge in [0.2, 0.25) is 0 Å². The second-order valence-corrected chi connectivity index (χ2v) is 4.51. The number of aliphatic hydroxyl groups is 2. The number of azide groups is 1.